The van der Waals surface area contributed by atoms with Crippen molar-refractivity contribution in [1.82, 2.24) is 0 Å². The number of carbonyl (C=O) groups is 1. The molecule has 0 saturated heterocycles. The Hall–Kier alpha value is -3.35. The molecule has 3 aliphatic rings. The quantitative estimate of drug-likeness (QED) is 0.800. The molecule has 0 aliphatic carbocycles. The normalized spacial score (nSPS) is 19.5. The molecule has 0 bridgehead atoms. The van der Waals surface area contributed by atoms with Gasteiger partial charge in [0, 0.05) is 30.2 Å². The maximum Gasteiger partial charge on any atom is 0.337 e. The molecule has 0 radical (unpaired) electrons. The van der Waals surface area contributed by atoms with E-state index in [-0.39, 0.29) is 18.5 Å². The second kappa shape index (κ2) is 6.92. The van der Waals surface area contributed by atoms with Gasteiger partial charge in [-0.05, 0) is 29.3 Å². The summed E-state index contributed by atoms with van der Waals surface area (Å²) in [7, 11) is 3.21. The van der Waals surface area contributed by atoms with Gasteiger partial charge in [-0.25, -0.2) is 4.79 Å². The lowest BCUT2D eigenvalue weighted by Crippen LogP contribution is -2.20. The Balaban J connectivity index is 1.71. The number of methoxy groups -OCH3 is 2. The first-order chi connectivity index (χ1) is 14.2. The van der Waals surface area contributed by atoms with Gasteiger partial charge in [-0.15, -0.1) is 0 Å². The maximum absolute atomic E-state index is 12.6. The summed E-state index contributed by atoms with van der Waals surface area (Å²) >= 11 is 0. The zero-order chi connectivity index (χ0) is 20.0. The van der Waals surface area contributed by atoms with Crippen LogP contribution in [0.2, 0.25) is 0 Å². The molecule has 2 aromatic carbocycles. The van der Waals surface area contributed by atoms with Gasteiger partial charge in [0.05, 0.1) is 38.7 Å². The number of hydrogen-bond acceptors (Lipinski definition) is 7. The first-order valence-electron chi connectivity index (χ1n) is 9.51. The number of benzene rings is 2. The summed E-state index contributed by atoms with van der Waals surface area (Å²) in [5.74, 6) is 2.03. The SMILES string of the molecule is COc1cc(OC)cc(C2C3=C(COC3=O)Nc3cc4c(cc32)OCCCO4)c1. The summed E-state index contributed by atoms with van der Waals surface area (Å²) in [4.78, 5) is 12.6. The molecule has 3 heterocycles. The van der Waals surface area contributed by atoms with Crippen LogP contribution in [0.4, 0.5) is 5.69 Å². The Morgan fingerprint density at radius 2 is 1.62 bits per heavy atom. The molecule has 1 N–H and O–H groups in total. The molecule has 0 amide bonds. The molecule has 0 saturated carbocycles. The van der Waals surface area contributed by atoms with Crippen LogP contribution in [0.15, 0.2) is 41.6 Å². The molecule has 3 aliphatic heterocycles. The number of ether oxygens (including phenoxy) is 5. The van der Waals surface area contributed by atoms with Crippen LogP contribution in [0.5, 0.6) is 23.0 Å². The van der Waals surface area contributed by atoms with Crippen molar-refractivity contribution in [3.05, 3.63) is 52.7 Å². The van der Waals surface area contributed by atoms with Gasteiger partial charge >= 0.3 is 5.97 Å². The molecule has 7 nitrogen and oxygen atoms in total. The minimum atomic E-state index is -0.336. The summed E-state index contributed by atoms with van der Waals surface area (Å²) < 4.78 is 28.0. The van der Waals surface area contributed by atoms with Gasteiger partial charge in [0.15, 0.2) is 11.5 Å². The van der Waals surface area contributed by atoms with Crippen molar-refractivity contribution < 1.29 is 28.5 Å². The van der Waals surface area contributed by atoms with Gasteiger partial charge in [0.25, 0.3) is 0 Å². The van der Waals surface area contributed by atoms with Gasteiger partial charge in [-0.3, -0.25) is 0 Å². The van der Waals surface area contributed by atoms with Crippen LogP contribution >= 0.6 is 0 Å². The Bertz CT molecular complexity index is 1010. The van der Waals surface area contributed by atoms with Crippen LogP contribution in [0.3, 0.4) is 0 Å². The molecule has 5 rings (SSSR count). The van der Waals surface area contributed by atoms with Crippen LogP contribution in [0.25, 0.3) is 0 Å². The number of cyclic esters (lactones) is 1. The van der Waals surface area contributed by atoms with E-state index < -0.39 is 0 Å². The summed E-state index contributed by atoms with van der Waals surface area (Å²) in [6.45, 7) is 1.42. The highest BCUT2D eigenvalue weighted by Crippen LogP contribution is 2.49. The van der Waals surface area contributed by atoms with Crippen LogP contribution < -0.4 is 24.3 Å². The van der Waals surface area contributed by atoms with Crippen molar-refractivity contribution in [3.63, 3.8) is 0 Å². The van der Waals surface area contributed by atoms with E-state index >= 15 is 0 Å². The fourth-order valence-corrected chi connectivity index (χ4v) is 4.04. The molecule has 2 aromatic rings. The van der Waals surface area contributed by atoms with Crippen molar-refractivity contribution in [2.24, 2.45) is 0 Å². The minimum Gasteiger partial charge on any atom is -0.497 e. The lowest BCUT2D eigenvalue weighted by molar-refractivity contribution is -0.136. The highest BCUT2D eigenvalue weighted by molar-refractivity contribution is 5.97. The number of rotatable bonds is 3. The fraction of sp³-hybridized carbons (Fsp3) is 0.318. The molecular weight excluding hydrogens is 374 g/mol. The Morgan fingerprint density at radius 1 is 0.931 bits per heavy atom. The monoisotopic (exact) mass is 395 g/mol. The second-order valence-corrected chi connectivity index (χ2v) is 7.11. The Kier molecular flexibility index (Phi) is 4.23. The molecule has 1 atom stereocenters. The average Bonchev–Trinajstić information content (AvgIpc) is 2.96. The molecular formula is C22H21NO6. The first-order valence-corrected chi connectivity index (χ1v) is 9.51. The number of fused-ring (bicyclic) bond motifs is 2. The number of esters is 1. The van der Waals surface area contributed by atoms with Crippen LogP contribution in [-0.4, -0.2) is 40.0 Å². The maximum atomic E-state index is 12.6. The minimum absolute atomic E-state index is 0.222. The van der Waals surface area contributed by atoms with Crippen molar-refractivity contribution >= 4 is 11.7 Å². The van der Waals surface area contributed by atoms with Crippen molar-refractivity contribution in [3.8, 4) is 23.0 Å². The van der Waals surface area contributed by atoms with Crippen molar-refractivity contribution in [2.75, 3.05) is 39.4 Å². The van der Waals surface area contributed by atoms with E-state index in [0.717, 1.165) is 28.9 Å². The largest absolute Gasteiger partial charge is 0.497 e. The molecule has 7 heteroatoms. The lowest BCUT2D eigenvalue weighted by atomic mass is 9.81. The van der Waals surface area contributed by atoms with E-state index in [1.807, 2.05) is 30.3 Å². The topological polar surface area (TPSA) is 75.3 Å². The van der Waals surface area contributed by atoms with Gasteiger partial charge in [0.1, 0.15) is 18.1 Å². The average molecular weight is 395 g/mol. The van der Waals surface area contributed by atoms with Gasteiger partial charge in [-0.1, -0.05) is 0 Å². The van der Waals surface area contributed by atoms with Gasteiger partial charge in [-0.2, -0.15) is 0 Å². The zero-order valence-electron chi connectivity index (χ0n) is 16.2. The van der Waals surface area contributed by atoms with Gasteiger partial charge < -0.3 is 29.0 Å². The molecule has 0 aromatic heterocycles. The lowest BCUT2D eigenvalue weighted by Gasteiger charge is -2.28. The van der Waals surface area contributed by atoms with Crippen molar-refractivity contribution in [2.45, 2.75) is 12.3 Å². The van der Waals surface area contributed by atoms with E-state index in [9.17, 15) is 4.79 Å². The highest BCUT2D eigenvalue weighted by atomic mass is 16.5. The summed E-state index contributed by atoms with van der Waals surface area (Å²) in [5, 5.41) is 3.35. The summed E-state index contributed by atoms with van der Waals surface area (Å²) in [5.41, 5.74) is 4.04. The van der Waals surface area contributed by atoms with Crippen LogP contribution in [-0.2, 0) is 9.53 Å². The second-order valence-electron chi connectivity index (χ2n) is 7.11. The van der Waals surface area contributed by atoms with Gasteiger partial charge in [0.2, 0.25) is 0 Å². The smallest absolute Gasteiger partial charge is 0.337 e. The van der Waals surface area contributed by atoms with E-state index in [4.69, 9.17) is 23.7 Å². The fourth-order valence-electron chi connectivity index (χ4n) is 4.04. The standard InChI is InChI=1S/C22H21NO6/c1-25-13-6-12(7-14(8-13)26-2)20-15-9-18-19(28-5-3-4-27-18)10-16(15)23-17-11-29-22(24)21(17)20/h6-10,20,23H,3-5,11H2,1-2H3. The Labute approximate surface area is 168 Å². The first kappa shape index (κ1) is 17.7. The molecule has 0 spiro atoms. The van der Waals surface area contributed by atoms with E-state index in [1.54, 1.807) is 14.2 Å². The van der Waals surface area contributed by atoms with Crippen molar-refractivity contribution in [1.29, 1.82) is 0 Å². The van der Waals surface area contributed by atoms with Crippen LogP contribution in [0, 0.1) is 0 Å². The van der Waals surface area contributed by atoms with Crippen LogP contribution in [0.1, 0.15) is 23.5 Å². The predicted octanol–water partition coefficient (Wildman–Crippen LogP) is 3.23. The number of anilines is 1. The Morgan fingerprint density at radius 3 is 2.31 bits per heavy atom. The van der Waals surface area contributed by atoms with E-state index in [2.05, 4.69) is 5.32 Å². The number of nitrogens with one attached hydrogen (secondary N) is 1. The summed E-state index contributed by atoms with van der Waals surface area (Å²) in [6.07, 6.45) is 0.824. The van der Waals surface area contributed by atoms with E-state index in [0.29, 0.717) is 41.8 Å². The molecule has 150 valence electrons. The number of hydrogen-bond donors (Lipinski definition) is 1. The van der Waals surface area contributed by atoms with E-state index in [1.165, 1.54) is 0 Å². The predicted molar refractivity (Wildman–Crippen MR) is 105 cm³/mol. The molecule has 29 heavy (non-hydrogen) atoms. The highest BCUT2D eigenvalue weighted by Gasteiger charge is 2.39. The third-order valence-electron chi connectivity index (χ3n) is 5.40. The summed E-state index contributed by atoms with van der Waals surface area (Å²) in [6, 6.07) is 9.53. The molecule has 0 fully saturated rings. The third-order valence-corrected chi connectivity index (χ3v) is 5.40. The molecule has 1 unspecified atom stereocenters. The zero-order valence-corrected chi connectivity index (χ0v) is 16.2. The number of carbonyl (C=O) groups excluding carboxylic acids is 1. The third kappa shape index (κ3) is 2.93.